The summed E-state index contributed by atoms with van der Waals surface area (Å²) in [5.74, 6) is 0. The van der Waals surface area contributed by atoms with Crippen LogP contribution < -0.4 is 0 Å². The quantitative estimate of drug-likeness (QED) is 0.613. The molecule has 1 aliphatic heterocycles. The van der Waals surface area contributed by atoms with Gasteiger partial charge in [0.2, 0.25) is 10.0 Å². The molecule has 0 spiro atoms. The Morgan fingerprint density at radius 1 is 0.800 bits per heavy atom. The van der Waals surface area contributed by atoms with Crippen LogP contribution in [0.25, 0.3) is 10.8 Å². The predicted octanol–water partition coefficient (Wildman–Crippen LogP) is 4.37. The van der Waals surface area contributed by atoms with E-state index in [0.29, 0.717) is 38.3 Å². The fourth-order valence-electron chi connectivity index (χ4n) is 3.71. The van der Waals surface area contributed by atoms with Crippen LogP contribution in [0.3, 0.4) is 0 Å². The monoisotopic (exact) mass is 434 g/mol. The molecule has 0 amide bonds. The molecule has 0 radical (unpaired) electrons. The Hall–Kier alpha value is -2.42. The molecule has 4 rings (SSSR count). The van der Waals surface area contributed by atoms with Crippen molar-refractivity contribution in [3.8, 4) is 0 Å². The van der Waals surface area contributed by atoms with Crippen LogP contribution in [0.2, 0.25) is 0 Å². The highest BCUT2D eigenvalue weighted by molar-refractivity contribution is 7.89. The zero-order chi connectivity index (χ0) is 21.4. The maximum atomic E-state index is 13.0. The Morgan fingerprint density at radius 2 is 1.50 bits per heavy atom. The molecule has 1 heterocycles. The van der Waals surface area contributed by atoms with E-state index in [0.717, 1.165) is 22.9 Å². The van der Waals surface area contributed by atoms with E-state index in [1.807, 2.05) is 29.2 Å². The Balaban J connectivity index is 1.43. The lowest BCUT2D eigenvalue weighted by Crippen LogP contribution is -2.48. The first-order valence-corrected chi connectivity index (χ1v) is 11.0. The van der Waals surface area contributed by atoms with Crippen molar-refractivity contribution < 1.29 is 21.6 Å². The van der Waals surface area contributed by atoms with Gasteiger partial charge in [0.15, 0.2) is 0 Å². The molecular weight excluding hydrogens is 413 g/mol. The summed E-state index contributed by atoms with van der Waals surface area (Å²) in [6, 6.07) is 17.9. The van der Waals surface area contributed by atoms with Gasteiger partial charge in [-0.3, -0.25) is 4.90 Å². The van der Waals surface area contributed by atoms with Crippen LogP contribution in [0.4, 0.5) is 13.2 Å². The molecule has 158 valence electrons. The number of benzene rings is 3. The van der Waals surface area contributed by atoms with Crippen LogP contribution in [0.1, 0.15) is 11.1 Å². The number of sulfonamides is 1. The largest absolute Gasteiger partial charge is 0.416 e. The van der Waals surface area contributed by atoms with E-state index in [1.54, 1.807) is 24.3 Å². The van der Waals surface area contributed by atoms with E-state index in [1.165, 1.54) is 10.4 Å². The van der Waals surface area contributed by atoms with Crippen molar-refractivity contribution in [3.63, 3.8) is 0 Å². The van der Waals surface area contributed by atoms with Crippen LogP contribution in [-0.2, 0) is 22.7 Å². The van der Waals surface area contributed by atoms with E-state index in [-0.39, 0.29) is 4.90 Å². The van der Waals surface area contributed by atoms with Gasteiger partial charge in [0, 0.05) is 32.7 Å². The topological polar surface area (TPSA) is 40.6 Å². The third-order valence-electron chi connectivity index (χ3n) is 5.35. The molecule has 0 N–H and O–H groups in total. The Morgan fingerprint density at radius 3 is 2.20 bits per heavy atom. The second-order valence-electron chi connectivity index (χ2n) is 7.39. The molecule has 1 saturated heterocycles. The number of halogens is 3. The first-order chi connectivity index (χ1) is 14.2. The van der Waals surface area contributed by atoms with Gasteiger partial charge in [-0.25, -0.2) is 8.42 Å². The Kier molecular flexibility index (Phi) is 5.57. The van der Waals surface area contributed by atoms with E-state index in [4.69, 9.17) is 0 Å². The molecule has 3 aromatic rings. The van der Waals surface area contributed by atoms with Gasteiger partial charge in [-0.1, -0.05) is 48.5 Å². The summed E-state index contributed by atoms with van der Waals surface area (Å²) in [5.41, 5.74) is -0.104. The third-order valence-corrected chi connectivity index (χ3v) is 7.25. The number of rotatable bonds is 4. The van der Waals surface area contributed by atoms with Crippen LogP contribution in [-0.4, -0.2) is 43.8 Å². The minimum absolute atomic E-state index is 0.257. The molecule has 3 aromatic carbocycles. The molecule has 0 aromatic heterocycles. The van der Waals surface area contributed by atoms with Gasteiger partial charge in [-0.2, -0.15) is 17.5 Å². The molecule has 4 nitrogen and oxygen atoms in total. The predicted molar refractivity (Wildman–Crippen MR) is 109 cm³/mol. The van der Waals surface area contributed by atoms with Gasteiger partial charge >= 0.3 is 6.18 Å². The summed E-state index contributed by atoms with van der Waals surface area (Å²) in [6.45, 7) is 1.88. The van der Waals surface area contributed by atoms with Gasteiger partial charge in [0.05, 0.1) is 10.5 Å². The molecular formula is C22H21F3N2O2S. The fraction of sp³-hybridized carbons (Fsp3) is 0.273. The zero-order valence-corrected chi connectivity index (χ0v) is 17.0. The van der Waals surface area contributed by atoms with Crippen molar-refractivity contribution in [2.24, 2.45) is 0 Å². The number of fused-ring (bicyclic) bond motifs is 1. The highest BCUT2D eigenvalue weighted by Gasteiger charge is 2.31. The van der Waals surface area contributed by atoms with Crippen LogP contribution in [0.15, 0.2) is 71.6 Å². The van der Waals surface area contributed by atoms with Crippen molar-refractivity contribution in [2.45, 2.75) is 17.6 Å². The summed E-state index contributed by atoms with van der Waals surface area (Å²) < 4.78 is 66.2. The van der Waals surface area contributed by atoms with Crippen molar-refractivity contribution in [1.82, 2.24) is 9.21 Å². The van der Waals surface area contributed by atoms with Crippen LogP contribution >= 0.6 is 0 Å². The average Bonchev–Trinajstić information content (AvgIpc) is 2.73. The summed E-state index contributed by atoms with van der Waals surface area (Å²) in [4.78, 5) is 2.23. The first kappa shape index (κ1) is 20.8. The van der Waals surface area contributed by atoms with Crippen LogP contribution in [0.5, 0.6) is 0 Å². The summed E-state index contributed by atoms with van der Waals surface area (Å²) in [6.07, 6.45) is -4.37. The lowest BCUT2D eigenvalue weighted by atomic mass is 10.1. The molecule has 1 fully saturated rings. The molecule has 30 heavy (non-hydrogen) atoms. The van der Waals surface area contributed by atoms with E-state index in [2.05, 4.69) is 0 Å². The number of hydrogen-bond donors (Lipinski definition) is 0. The van der Waals surface area contributed by atoms with Gasteiger partial charge in [0.1, 0.15) is 0 Å². The third kappa shape index (κ3) is 4.35. The molecule has 8 heteroatoms. The molecule has 0 saturated carbocycles. The van der Waals surface area contributed by atoms with Gasteiger partial charge in [-0.15, -0.1) is 0 Å². The SMILES string of the molecule is O=S(=O)(c1ccc2ccccc2c1)N1CCN(Cc2cccc(C(F)(F)F)c2)CC1. The fourth-order valence-corrected chi connectivity index (χ4v) is 5.17. The maximum Gasteiger partial charge on any atom is 0.416 e. The second-order valence-corrected chi connectivity index (χ2v) is 9.33. The normalized spacial score (nSPS) is 16.8. The van der Waals surface area contributed by atoms with Crippen molar-refractivity contribution in [3.05, 3.63) is 77.9 Å². The smallest absolute Gasteiger partial charge is 0.296 e. The second kappa shape index (κ2) is 8.02. The number of piperazine rings is 1. The van der Waals surface area contributed by atoms with Gasteiger partial charge < -0.3 is 0 Å². The van der Waals surface area contributed by atoms with Crippen molar-refractivity contribution in [2.75, 3.05) is 26.2 Å². The minimum Gasteiger partial charge on any atom is -0.296 e. The zero-order valence-electron chi connectivity index (χ0n) is 16.1. The molecule has 0 atom stereocenters. The highest BCUT2D eigenvalue weighted by atomic mass is 32.2. The van der Waals surface area contributed by atoms with E-state index >= 15 is 0 Å². The average molecular weight is 434 g/mol. The lowest BCUT2D eigenvalue weighted by molar-refractivity contribution is -0.137. The lowest BCUT2D eigenvalue weighted by Gasteiger charge is -2.34. The van der Waals surface area contributed by atoms with Crippen molar-refractivity contribution >= 4 is 20.8 Å². The molecule has 0 unspecified atom stereocenters. The molecule has 1 aliphatic rings. The summed E-state index contributed by atoms with van der Waals surface area (Å²) in [5, 5.41) is 1.84. The van der Waals surface area contributed by atoms with Crippen molar-refractivity contribution in [1.29, 1.82) is 0 Å². The van der Waals surface area contributed by atoms with Crippen LogP contribution in [0, 0.1) is 0 Å². The number of nitrogens with zero attached hydrogens (tertiary/aromatic N) is 2. The summed E-state index contributed by atoms with van der Waals surface area (Å²) in [7, 11) is -3.62. The van der Waals surface area contributed by atoms with E-state index in [9.17, 15) is 21.6 Å². The number of alkyl halides is 3. The highest BCUT2D eigenvalue weighted by Crippen LogP contribution is 2.30. The Bertz CT molecular complexity index is 1150. The standard InChI is InChI=1S/C22H21F3N2O2S/c23-22(24,25)20-7-3-4-17(14-20)16-26-10-12-27(13-11-26)30(28,29)21-9-8-18-5-1-2-6-19(18)15-21/h1-9,14-15H,10-13,16H2. The van der Waals surface area contributed by atoms with E-state index < -0.39 is 21.8 Å². The molecule has 0 bridgehead atoms. The van der Waals surface area contributed by atoms with Gasteiger partial charge in [-0.05, 0) is 34.5 Å². The van der Waals surface area contributed by atoms with Gasteiger partial charge in [0.25, 0.3) is 0 Å². The molecule has 0 aliphatic carbocycles. The minimum atomic E-state index is -4.37. The maximum absolute atomic E-state index is 13.0. The summed E-state index contributed by atoms with van der Waals surface area (Å²) >= 11 is 0. The number of hydrogen-bond acceptors (Lipinski definition) is 3. The Labute approximate surface area is 173 Å². The first-order valence-electron chi connectivity index (χ1n) is 9.61.